The van der Waals surface area contributed by atoms with Gasteiger partial charge in [0.2, 0.25) is 0 Å². The number of allylic oxidation sites excluding steroid dienone is 5. The highest BCUT2D eigenvalue weighted by Crippen LogP contribution is 2.37. The Hall–Kier alpha value is -1.65. The van der Waals surface area contributed by atoms with Crippen molar-refractivity contribution in [3.8, 4) is 5.75 Å². The molecule has 1 aromatic rings. The summed E-state index contributed by atoms with van der Waals surface area (Å²) in [6.45, 7) is 9.99. The fourth-order valence-electron chi connectivity index (χ4n) is 2.52. The van der Waals surface area contributed by atoms with Crippen LogP contribution in [0.5, 0.6) is 5.75 Å². The summed E-state index contributed by atoms with van der Waals surface area (Å²) in [6.07, 6.45) is 4.86. The fraction of sp³-hybridized carbons (Fsp3) is 0.429. The Morgan fingerprint density at radius 1 is 1.07 bits per heavy atom. The van der Waals surface area contributed by atoms with Crippen molar-refractivity contribution in [1.82, 2.24) is 0 Å². The van der Waals surface area contributed by atoms with Gasteiger partial charge in [-0.05, 0) is 56.0 Å². The molecule has 1 aliphatic carbocycles. The van der Waals surface area contributed by atoms with Gasteiger partial charge in [-0.1, -0.05) is 43.7 Å². The Morgan fingerprint density at radius 2 is 1.70 bits per heavy atom. The van der Waals surface area contributed by atoms with E-state index in [2.05, 4.69) is 0 Å². The lowest BCUT2D eigenvalue weighted by atomic mass is 10.1. The molecule has 5 nitrogen and oxygen atoms in total. The van der Waals surface area contributed by atoms with Gasteiger partial charge in [0.1, 0.15) is 11.5 Å². The molecular formula is C21H33O5P. The van der Waals surface area contributed by atoms with Gasteiger partial charge in [-0.3, -0.25) is 4.57 Å². The average Bonchev–Trinajstić information content (AvgIpc) is 2.74. The first kappa shape index (κ1) is 25.4. The molecule has 0 aromatic heterocycles. The second-order valence-electron chi connectivity index (χ2n) is 6.05. The molecule has 1 aliphatic rings. The number of rotatable bonds is 5. The van der Waals surface area contributed by atoms with Crippen LogP contribution in [0.15, 0.2) is 58.9 Å². The Kier molecular flexibility index (Phi) is 11.9. The van der Waals surface area contributed by atoms with Crippen LogP contribution in [-0.4, -0.2) is 28.2 Å². The number of ether oxygens (including phenoxy) is 1. The Balaban J connectivity index is 0.00000158. The Bertz CT molecular complexity index is 726. The highest BCUT2D eigenvalue weighted by Gasteiger charge is 2.16. The van der Waals surface area contributed by atoms with E-state index in [4.69, 9.17) is 19.6 Å². The number of aliphatic hydroxyl groups excluding tert-OH is 1. The summed E-state index contributed by atoms with van der Waals surface area (Å²) >= 11 is 0. The molecule has 0 amide bonds. The zero-order valence-electron chi connectivity index (χ0n) is 17.2. The maximum absolute atomic E-state index is 11.1. The van der Waals surface area contributed by atoms with Crippen molar-refractivity contribution >= 4 is 7.60 Å². The van der Waals surface area contributed by atoms with Crippen LogP contribution in [0.25, 0.3) is 0 Å². The SMILES string of the molecule is CC.CC1=CC(CCP(=O)(O)O)=CC(C)=C(Oc2cccc(C)c2)C1.CO. The van der Waals surface area contributed by atoms with Crippen LogP contribution in [0, 0.1) is 6.92 Å². The standard InChI is InChI=1S/C18H23O4P.C2H6.CH4O/c1-13-5-4-6-17(10-13)22-18-11-14(2)9-16(12-15(18)3)7-8-23(19,20)21;2*1-2/h4-6,9-10,12H,7-8,11H2,1-3H3,(H2,19,20,21);1-2H3;2H,1H3. The summed E-state index contributed by atoms with van der Waals surface area (Å²) in [7, 11) is -2.98. The van der Waals surface area contributed by atoms with Gasteiger partial charge in [0, 0.05) is 13.5 Å². The number of hydrogen-bond acceptors (Lipinski definition) is 3. The third-order valence-corrected chi connectivity index (χ3v) is 4.44. The van der Waals surface area contributed by atoms with Gasteiger partial charge >= 0.3 is 7.60 Å². The third-order valence-electron chi connectivity index (χ3n) is 3.64. The lowest BCUT2D eigenvalue weighted by Gasteiger charge is -2.12. The van der Waals surface area contributed by atoms with Crippen LogP contribution in [0.2, 0.25) is 0 Å². The zero-order chi connectivity index (χ0) is 21.0. The molecule has 0 spiro atoms. The number of hydrogen-bond donors (Lipinski definition) is 3. The summed E-state index contributed by atoms with van der Waals surface area (Å²) in [5, 5.41) is 7.00. The number of aryl methyl sites for hydroxylation is 1. The predicted molar refractivity (Wildman–Crippen MR) is 112 cm³/mol. The van der Waals surface area contributed by atoms with Crippen molar-refractivity contribution in [2.75, 3.05) is 13.3 Å². The van der Waals surface area contributed by atoms with Crippen LogP contribution < -0.4 is 4.74 Å². The quantitative estimate of drug-likeness (QED) is 0.601. The van der Waals surface area contributed by atoms with Gasteiger partial charge in [-0.25, -0.2) is 0 Å². The van der Waals surface area contributed by atoms with Crippen LogP contribution in [0.1, 0.15) is 46.1 Å². The van der Waals surface area contributed by atoms with E-state index in [1.807, 2.05) is 71.0 Å². The zero-order valence-corrected chi connectivity index (χ0v) is 18.1. The number of benzene rings is 1. The largest absolute Gasteiger partial charge is 0.461 e. The van der Waals surface area contributed by atoms with Gasteiger partial charge in [0.15, 0.2) is 0 Å². The maximum Gasteiger partial charge on any atom is 0.325 e. The van der Waals surface area contributed by atoms with Gasteiger partial charge < -0.3 is 19.6 Å². The van der Waals surface area contributed by atoms with Crippen LogP contribution in [0.4, 0.5) is 0 Å². The summed E-state index contributed by atoms with van der Waals surface area (Å²) in [5.41, 5.74) is 4.16. The van der Waals surface area contributed by atoms with Crippen molar-refractivity contribution < 1.29 is 24.2 Å². The summed E-state index contributed by atoms with van der Waals surface area (Å²) in [5.74, 6) is 1.68. The van der Waals surface area contributed by atoms with E-state index in [9.17, 15) is 4.57 Å². The molecule has 0 fully saturated rings. The number of aliphatic hydroxyl groups is 1. The van der Waals surface area contributed by atoms with E-state index >= 15 is 0 Å². The van der Waals surface area contributed by atoms with E-state index in [1.165, 1.54) is 0 Å². The molecule has 0 aliphatic heterocycles. The van der Waals surface area contributed by atoms with E-state index in [0.717, 1.165) is 40.9 Å². The predicted octanol–water partition coefficient (Wildman–Crippen LogP) is 5.13. The second-order valence-corrected chi connectivity index (χ2v) is 7.83. The molecule has 1 aromatic carbocycles. The smallest absolute Gasteiger partial charge is 0.325 e. The fourth-order valence-corrected chi connectivity index (χ4v) is 3.07. The molecule has 0 bridgehead atoms. The normalized spacial score (nSPS) is 14.0. The van der Waals surface area contributed by atoms with Crippen LogP contribution in [-0.2, 0) is 4.57 Å². The summed E-state index contributed by atoms with van der Waals surface area (Å²) < 4.78 is 17.1. The third kappa shape index (κ3) is 10.3. The molecule has 0 saturated carbocycles. The van der Waals surface area contributed by atoms with E-state index in [0.29, 0.717) is 12.8 Å². The molecule has 0 radical (unpaired) electrons. The van der Waals surface area contributed by atoms with Gasteiger partial charge in [-0.2, -0.15) is 0 Å². The molecule has 2 rings (SSSR count). The summed E-state index contributed by atoms with van der Waals surface area (Å²) in [6, 6.07) is 7.89. The first-order valence-corrected chi connectivity index (χ1v) is 10.8. The highest BCUT2D eigenvalue weighted by molar-refractivity contribution is 7.51. The molecule has 0 unspecified atom stereocenters. The minimum absolute atomic E-state index is 0.135. The lowest BCUT2D eigenvalue weighted by Crippen LogP contribution is -1.98. The van der Waals surface area contributed by atoms with E-state index in [1.54, 1.807) is 0 Å². The maximum atomic E-state index is 11.1. The van der Waals surface area contributed by atoms with E-state index in [-0.39, 0.29) is 6.16 Å². The lowest BCUT2D eigenvalue weighted by molar-refractivity contribution is 0.373. The Morgan fingerprint density at radius 3 is 2.26 bits per heavy atom. The van der Waals surface area contributed by atoms with Crippen LogP contribution >= 0.6 is 7.60 Å². The van der Waals surface area contributed by atoms with Crippen molar-refractivity contribution in [2.45, 2.75) is 47.5 Å². The van der Waals surface area contributed by atoms with Crippen molar-refractivity contribution in [3.05, 3.63) is 64.5 Å². The minimum atomic E-state index is -3.98. The van der Waals surface area contributed by atoms with E-state index < -0.39 is 7.60 Å². The van der Waals surface area contributed by atoms with Crippen molar-refractivity contribution in [3.63, 3.8) is 0 Å². The van der Waals surface area contributed by atoms with Crippen LogP contribution in [0.3, 0.4) is 0 Å². The molecule has 0 saturated heterocycles. The van der Waals surface area contributed by atoms with Gasteiger partial charge in [-0.15, -0.1) is 0 Å². The molecule has 0 atom stereocenters. The van der Waals surface area contributed by atoms with Gasteiger partial charge in [0.05, 0.1) is 6.16 Å². The molecule has 3 N–H and O–H groups in total. The first-order valence-electron chi connectivity index (χ1n) is 9.04. The summed E-state index contributed by atoms with van der Waals surface area (Å²) in [4.78, 5) is 18.1. The molecule has 152 valence electrons. The monoisotopic (exact) mass is 396 g/mol. The average molecular weight is 396 g/mol. The van der Waals surface area contributed by atoms with Gasteiger partial charge in [0.25, 0.3) is 0 Å². The molecule has 0 heterocycles. The van der Waals surface area contributed by atoms with Crippen molar-refractivity contribution in [2.24, 2.45) is 0 Å². The minimum Gasteiger partial charge on any atom is -0.461 e. The topological polar surface area (TPSA) is 87.0 Å². The molecule has 6 heteroatoms. The second kappa shape index (κ2) is 12.7. The first-order chi connectivity index (χ1) is 12.7. The molecular weight excluding hydrogens is 363 g/mol. The Labute approximate surface area is 163 Å². The molecule has 27 heavy (non-hydrogen) atoms. The highest BCUT2D eigenvalue weighted by atomic mass is 31.2. The van der Waals surface area contributed by atoms with Crippen molar-refractivity contribution in [1.29, 1.82) is 0 Å².